The second kappa shape index (κ2) is 6.70. The molecule has 2 rings (SSSR count). The van der Waals surface area contributed by atoms with Gasteiger partial charge in [0.25, 0.3) is 0 Å². The summed E-state index contributed by atoms with van der Waals surface area (Å²) in [7, 11) is 0. The van der Waals surface area contributed by atoms with Gasteiger partial charge in [-0.15, -0.1) is 0 Å². The van der Waals surface area contributed by atoms with Crippen molar-refractivity contribution >= 4 is 31.9 Å². The van der Waals surface area contributed by atoms with Crippen molar-refractivity contribution in [2.45, 2.75) is 51.2 Å². The van der Waals surface area contributed by atoms with Crippen molar-refractivity contribution in [2.24, 2.45) is 5.73 Å². The van der Waals surface area contributed by atoms with Crippen LogP contribution in [0, 0.1) is 0 Å². The average Bonchev–Trinajstić information content (AvgIpc) is 2.55. The van der Waals surface area contributed by atoms with Crippen LogP contribution in [0.2, 0.25) is 0 Å². The van der Waals surface area contributed by atoms with Crippen LogP contribution in [0.25, 0.3) is 0 Å². The molecule has 0 aromatic heterocycles. The lowest BCUT2D eigenvalue weighted by molar-refractivity contribution is 0.144. The van der Waals surface area contributed by atoms with Crippen molar-refractivity contribution < 1.29 is 0 Å². The molecule has 1 aromatic rings. The number of hydrogen-bond donors (Lipinski definition) is 1. The number of rotatable bonds is 2. The van der Waals surface area contributed by atoms with Gasteiger partial charge in [-0.2, -0.15) is 0 Å². The summed E-state index contributed by atoms with van der Waals surface area (Å²) < 4.78 is 2.19. The van der Waals surface area contributed by atoms with Gasteiger partial charge in [-0.3, -0.25) is 4.90 Å². The first-order valence-electron chi connectivity index (χ1n) is 6.97. The molecule has 0 bridgehead atoms. The van der Waals surface area contributed by atoms with Gasteiger partial charge in [-0.1, -0.05) is 12.5 Å². The molecule has 19 heavy (non-hydrogen) atoms. The first-order chi connectivity index (χ1) is 9.00. The van der Waals surface area contributed by atoms with Crippen LogP contribution in [0.4, 0.5) is 0 Å². The van der Waals surface area contributed by atoms with E-state index >= 15 is 0 Å². The van der Waals surface area contributed by atoms with Crippen LogP contribution in [-0.2, 0) is 0 Å². The Morgan fingerprint density at radius 3 is 2.58 bits per heavy atom. The summed E-state index contributed by atoms with van der Waals surface area (Å²) in [5.74, 6) is 0. The van der Waals surface area contributed by atoms with E-state index in [1.54, 1.807) is 0 Å². The summed E-state index contributed by atoms with van der Waals surface area (Å²) in [4.78, 5) is 2.55. The lowest BCUT2D eigenvalue weighted by Crippen LogP contribution is -2.43. The molecule has 0 amide bonds. The third kappa shape index (κ3) is 3.60. The van der Waals surface area contributed by atoms with Crippen LogP contribution in [0.1, 0.15) is 44.7 Å². The molecule has 2 nitrogen and oxygen atoms in total. The van der Waals surface area contributed by atoms with E-state index in [1.165, 1.54) is 18.4 Å². The van der Waals surface area contributed by atoms with Crippen LogP contribution in [0.3, 0.4) is 0 Å². The van der Waals surface area contributed by atoms with E-state index in [0.29, 0.717) is 12.1 Å². The van der Waals surface area contributed by atoms with Crippen LogP contribution >= 0.6 is 31.9 Å². The number of nitrogens with zero attached hydrogens (tertiary/aromatic N) is 1. The first kappa shape index (κ1) is 15.5. The van der Waals surface area contributed by atoms with Crippen molar-refractivity contribution in [3.05, 3.63) is 32.7 Å². The maximum absolute atomic E-state index is 6.46. The van der Waals surface area contributed by atoms with Crippen molar-refractivity contribution in [3.8, 4) is 0 Å². The zero-order valence-corrected chi connectivity index (χ0v) is 14.7. The van der Waals surface area contributed by atoms with Crippen LogP contribution in [0.15, 0.2) is 27.1 Å². The van der Waals surface area contributed by atoms with E-state index in [9.17, 15) is 0 Å². The average molecular weight is 390 g/mol. The molecule has 1 saturated heterocycles. The molecular formula is C15H22Br2N2. The molecule has 1 fully saturated rings. The minimum absolute atomic E-state index is 0.220. The summed E-state index contributed by atoms with van der Waals surface area (Å²) in [5.41, 5.74) is 7.78. The topological polar surface area (TPSA) is 29.3 Å². The third-order valence-corrected chi connectivity index (χ3v) is 5.79. The summed E-state index contributed by atoms with van der Waals surface area (Å²) in [5, 5.41) is 0. The Kier molecular flexibility index (Phi) is 5.46. The zero-order chi connectivity index (χ0) is 14.0. The number of halogens is 2. The Bertz CT molecular complexity index is 434. The number of hydrogen-bond acceptors (Lipinski definition) is 2. The standard InChI is InChI=1S/C15H22Br2N2/c1-10(2)19-8-4-3-5-14(18)15(19)11-6-7-12(16)13(17)9-11/h6-7,9-10,14-15H,3-5,8,18H2,1-2H3. The van der Waals surface area contributed by atoms with Gasteiger partial charge >= 0.3 is 0 Å². The summed E-state index contributed by atoms with van der Waals surface area (Å²) in [6.07, 6.45) is 3.60. The summed E-state index contributed by atoms with van der Waals surface area (Å²) in [6, 6.07) is 7.58. The van der Waals surface area contributed by atoms with Gasteiger partial charge < -0.3 is 5.73 Å². The van der Waals surface area contributed by atoms with E-state index in [-0.39, 0.29) is 6.04 Å². The third-order valence-electron chi connectivity index (χ3n) is 3.92. The van der Waals surface area contributed by atoms with E-state index in [1.807, 2.05) is 0 Å². The molecule has 1 aliphatic rings. The van der Waals surface area contributed by atoms with Crippen molar-refractivity contribution in [1.82, 2.24) is 4.90 Å². The summed E-state index contributed by atoms with van der Waals surface area (Å²) >= 11 is 7.14. The molecular weight excluding hydrogens is 368 g/mol. The molecule has 1 aromatic carbocycles. The maximum atomic E-state index is 6.46. The second-order valence-corrected chi connectivity index (χ2v) is 7.32. The monoisotopic (exact) mass is 388 g/mol. The van der Waals surface area contributed by atoms with Crippen molar-refractivity contribution in [3.63, 3.8) is 0 Å². The highest BCUT2D eigenvalue weighted by atomic mass is 79.9. The molecule has 2 N–H and O–H groups in total. The van der Waals surface area contributed by atoms with Gasteiger partial charge in [-0.25, -0.2) is 0 Å². The highest BCUT2D eigenvalue weighted by Gasteiger charge is 2.30. The predicted molar refractivity (Wildman–Crippen MR) is 88.3 cm³/mol. The molecule has 2 atom stereocenters. The first-order valence-corrected chi connectivity index (χ1v) is 8.55. The van der Waals surface area contributed by atoms with E-state index in [2.05, 4.69) is 68.8 Å². The van der Waals surface area contributed by atoms with Crippen LogP contribution < -0.4 is 5.73 Å². The minimum Gasteiger partial charge on any atom is -0.326 e. The Morgan fingerprint density at radius 1 is 1.21 bits per heavy atom. The van der Waals surface area contributed by atoms with Crippen LogP contribution in [-0.4, -0.2) is 23.5 Å². The van der Waals surface area contributed by atoms with Gasteiger partial charge in [0.1, 0.15) is 0 Å². The van der Waals surface area contributed by atoms with Gasteiger partial charge in [0.2, 0.25) is 0 Å². The van der Waals surface area contributed by atoms with Crippen molar-refractivity contribution in [2.75, 3.05) is 6.54 Å². The fourth-order valence-corrected chi connectivity index (χ4v) is 3.57. The molecule has 0 spiro atoms. The summed E-state index contributed by atoms with van der Waals surface area (Å²) in [6.45, 7) is 5.67. The van der Waals surface area contributed by atoms with E-state index in [4.69, 9.17) is 5.73 Å². The number of likely N-dealkylation sites (tertiary alicyclic amines) is 1. The Hall–Kier alpha value is 0.1000. The minimum atomic E-state index is 0.220. The lowest BCUT2D eigenvalue weighted by atomic mass is 9.95. The smallest absolute Gasteiger partial charge is 0.0502 e. The van der Waals surface area contributed by atoms with Gasteiger partial charge in [0.15, 0.2) is 0 Å². The lowest BCUT2D eigenvalue weighted by Gasteiger charge is -2.37. The Labute approximate surface area is 133 Å². The zero-order valence-electron chi connectivity index (χ0n) is 11.6. The van der Waals surface area contributed by atoms with Gasteiger partial charge in [-0.05, 0) is 82.8 Å². The molecule has 0 radical (unpaired) electrons. The molecule has 106 valence electrons. The predicted octanol–water partition coefficient (Wildman–Crippen LogP) is 4.47. The number of nitrogens with two attached hydrogens (primary N) is 1. The highest BCUT2D eigenvalue weighted by molar-refractivity contribution is 9.13. The van der Waals surface area contributed by atoms with E-state index in [0.717, 1.165) is 21.9 Å². The van der Waals surface area contributed by atoms with Gasteiger partial charge in [0.05, 0.1) is 6.04 Å². The van der Waals surface area contributed by atoms with E-state index < -0.39 is 0 Å². The Morgan fingerprint density at radius 2 is 1.95 bits per heavy atom. The maximum Gasteiger partial charge on any atom is 0.0502 e. The van der Waals surface area contributed by atoms with Gasteiger partial charge in [0, 0.05) is 21.0 Å². The highest BCUT2D eigenvalue weighted by Crippen LogP contribution is 2.34. The fourth-order valence-electron chi connectivity index (χ4n) is 2.93. The number of benzene rings is 1. The molecule has 2 unspecified atom stereocenters. The normalized spacial score (nSPS) is 25.6. The molecule has 1 aliphatic heterocycles. The molecule has 4 heteroatoms. The second-order valence-electron chi connectivity index (χ2n) is 5.61. The molecule has 0 saturated carbocycles. The fraction of sp³-hybridized carbons (Fsp3) is 0.600. The van der Waals surface area contributed by atoms with Crippen molar-refractivity contribution in [1.29, 1.82) is 0 Å². The largest absolute Gasteiger partial charge is 0.326 e. The SMILES string of the molecule is CC(C)N1CCCCC(N)C1c1ccc(Br)c(Br)c1. The quantitative estimate of drug-likeness (QED) is 0.808. The van der Waals surface area contributed by atoms with Crippen LogP contribution in [0.5, 0.6) is 0 Å². The Balaban J connectivity index is 2.37. The molecule has 0 aliphatic carbocycles. The molecule has 1 heterocycles.